The van der Waals surface area contributed by atoms with Crippen LogP contribution in [0.15, 0.2) is 0 Å². The van der Waals surface area contributed by atoms with Gasteiger partial charge in [0.25, 0.3) is 0 Å². The molecule has 0 N–H and O–H groups in total. The predicted octanol–water partition coefficient (Wildman–Crippen LogP) is 2.88. The predicted molar refractivity (Wildman–Crippen MR) is 73.6 cm³/mol. The molecule has 0 aromatic heterocycles. The molecular formula is C15H29N2+. The molecule has 17 heavy (non-hydrogen) atoms. The van der Waals surface area contributed by atoms with Crippen LogP contribution in [0.25, 0.3) is 0 Å². The standard InChI is InChI=1S/C9H17N.C6H12N/c1-8(2)9-4-3-6-10(9)7-5-9;1-2-4-6-7-5-3-1/h8H,3-7H2,1-2H3;1-6H2/q+1;. The fourth-order valence-corrected chi connectivity index (χ4v) is 3.61. The Morgan fingerprint density at radius 2 is 1.59 bits per heavy atom. The molecule has 0 bridgehead atoms. The van der Waals surface area contributed by atoms with Crippen molar-refractivity contribution < 1.29 is 0 Å². The third-order valence-electron chi connectivity index (χ3n) is 4.94. The summed E-state index contributed by atoms with van der Waals surface area (Å²) in [5.74, 6) is 0.878. The van der Waals surface area contributed by atoms with E-state index in [-0.39, 0.29) is 0 Å². The van der Waals surface area contributed by atoms with E-state index < -0.39 is 0 Å². The van der Waals surface area contributed by atoms with Crippen molar-refractivity contribution in [3.63, 3.8) is 0 Å². The van der Waals surface area contributed by atoms with Gasteiger partial charge in [0, 0.05) is 31.8 Å². The Kier molecular flexibility index (Phi) is 4.87. The van der Waals surface area contributed by atoms with Crippen LogP contribution in [0.4, 0.5) is 0 Å². The summed E-state index contributed by atoms with van der Waals surface area (Å²) < 4.78 is 0. The topological polar surface area (TPSA) is 20.0 Å². The van der Waals surface area contributed by atoms with Crippen LogP contribution < -0.4 is 10.2 Å². The molecule has 0 amide bonds. The molecule has 0 aliphatic carbocycles. The van der Waals surface area contributed by atoms with Crippen LogP contribution in [-0.2, 0) is 0 Å². The molecule has 2 heteroatoms. The molecule has 3 aliphatic rings. The fraction of sp³-hybridized carbons (Fsp3) is 1.00. The van der Waals surface area contributed by atoms with Crippen molar-refractivity contribution in [3.8, 4) is 0 Å². The quantitative estimate of drug-likeness (QED) is 0.625. The summed E-state index contributed by atoms with van der Waals surface area (Å²) >= 11 is 0. The minimum Gasteiger partial charge on any atom is -0.242 e. The van der Waals surface area contributed by atoms with E-state index in [0.717, 1.165) is 19.0 Å². The molecule has 2 nitrogen and oxygen atoms in total. The van der Waals surface area contributed by atoms with Gasteiger partial charge >= 0.3 is 0 Å². The summed E-state index contributed by atoms with van der Waals surface area (Å²) in [7, 11) is 0. The summed E-state index contributed by atoms with van der Waals surface area (Å²) in [6.45, 7) is 9.74. The molecule has 3 rings (SSSR count). The summed E-state index contributed by atoms with van der Waals surface area (Å²) in [4.78, 5) is 2.68. The van der Waals surface area contributed by atoms with Gasteiger partial charge in [0.2, 0.25) is 0 Å². The average Bonchev–Trinajstić information content (AvgIpc) is 2.52. The maximum absolute atomic E-state index is 4.27. The van der Waals surface area contributed by atoms with E-state index >= 15 is 0 Å². The monoisotopic (exact) mass is 237 g/mol. The first-order valence-corrected chi connectivity index (χ1v) is 7.64. The lowest BCUT2D eigenvalue weighted by molar-refractivity contribution is 0.0711. The number of hydrogen-bond donors (Lipinski definition) is 0. The average molecular weight is 237 g/mol. The number of rotatable bonds is 1. The largest absolute Gasteiger partial charge is 0.242 e. The van der Waals surface area contributed by atoms with Crippen molar-refractivity contribution in [1.29, 1.82) is 0 Å². The second-order valence-corrected chi connectivity index (χ2v) is 6.18. The zero-order chi connectivity index (χ0) is 12.1. The first-order valence-electron chi connectivity index (χ1n) is 7.64. The Morgan fingerprint density at radius 3 is 2.00 bits per heavy atom. The molecule has 98 valence electrons. The molecule has 1 unspecified atom stereocenters. The molecule has 0 aromatic carbocycles. The van der Waals surface area contributed by atoms with Crippen LogP contribution in [-0.4, -0.2) is 31.7 Å². The Balaban J connectivity index is 0.000000136. The molecule has 3 saturated heterocycles. The molecule has 2 radical (unpaired) electrons. The first kappa shape index (κ1) is 13.4. The van der Waals surface area contributed by atoms with Crippen LogP contribution in [0.2, 0.25) is 0 Å². The molecular weight excluding hydrogens is 208 g/mol. The summed E-state index contributed by atoms with van der Waals surface area (Å²) in [6.07, 6.45) is 9.85. The second kappa shape index (κ2) is 6.19. The highest BCUT2D eigenvalue weighted by Crippen LogP contribution is 2.43. The zero-order valence-electron chi connectivity index (χ0n) is 11.7. The van der Waals surface area contributed by atoms with Crippen LogP contribution in [0.3, 0.4) is 0 Å². The van der Waals surface area contributed by atoms with Crippen molar-refractivity contribution in [2.75, 3.05) is 26.2 Å². The fourth-order valence-electron chi connectivity index (χ4n) is 3.61. The summed E-state index contributed by atoms with van der Waals surface area (Å²) in [5.41, 5.74) is 0.667. The van der Waals surface area contributed by atoms with Gasteiger partial charge in [-0.2, -0.15) is 4.90 Å². The SMILES string of the molecule is C1CCC[N]CC1.CC(C)C12CCC[N+]1CC2. The van der Waals surface area contributed by atoms with Gasteiger partial charge < -0.3 is 0 Å². The van der Waals surface area contributed by atoms with Crippen LogP contribution in [0, 0.1) is 5.92 Å². The van der Waals surface area contributed by atoms with Gasteiger partial charge in [-0.3, -0.25) is 0 Å². The summed E-state index contributed by atoms with van der Waals surface area (Å²) in [5, 5.41) is 4.27. The van der Waals surface area contributed by atoms with Gasteiger partial charge in [-0.1, -0.05) is 26.7 Å². The minimum atomic E-state index is 0.667. The van der Waals surface area contributed by atoms with Crippen LogP contribution in [0.1, 0.15) is 58.8 Å². The number of nitrogens with zero attached hydrogens (tertiary/aromatic N) is 2. The smallest absolute Gasteiger partial charge is 0.150 e. The van der Waals surface area contributed by atoms with Gasteiger partial charge in [-0.25, -0.2) is 5.32 Å². The maximum Gasteiger partial charge on any atom is 0.150 e. The van der Waals surface area contributed by atoms with E-state index in [1.54, 1.807) is 0 Å². The lowest BCUT2D eigenvalue weighted by atomic mass is 9.76. The van der Waals surface area contributed by atoms with E-state index in [1.807, 2.05) is 0 Å². The highest BCUT2D eigenvalue weighted by atomic mass is 15.3. The highest BCUT2D eigenvalue weighted by Gasteiger charge is 2.59. The van der Waals surface area contributed by atoms with Gasteiger partial charge in [0.05, 0.1) is 6.42 Å². The van der Waals surface area contributed by atoms with Gasteiger partial charge in [-0.05, 0) is 12.8 Å². The molecule has 1 atom stereocenters. The third-order valence-corrected chi connectivity index (χ3v) is 4.94. The second-order valence-electron chi connectivity index (χ2n) is 6.18. The molecule has 0 spiro atoms. The zero-order valence-corrected chi connectivity index (χ0v) is 11.7. The van der Waals surface area contributed by atoms with Crippen LogP contribution in [0.5, 0.6) is 0 Å². The van der Waals surface area contributed by atoms with Crippen molar-refractivity contribution in [2.45, 2.75) is 64.3 Å². The van der Waals surface area contributed by atoms with Crippen molar-refractivity contribution >= 4 is 0 Å². The van der Waals surface area contributed by atoms with E-state index in [2.05, 4.69) is 24.1 Å². The highest BCUT2D eigenvalue weighted by molar-refractivity contribution is 5.09. The minimum absolute atomic E-state index is 0.667. The van der Waals surface area contributed by atoms with Crippen molar-refractivity contribution in [1.82, 2.24) is 10.2 Å². The Labute approximate surface area is 107 Å². The van der Waals surface area contributed by atoms with Crippen molar-refractivity contribution in [3.05, 3.63) is 0 Å². The Hall–Kier alpha value is -0.0800. The Bertz CT molecular complexity index is 207. The van der Waals surface area contributed by atoms with Crippen LogP contribution >= 0.6 is 0 Å². The molecule has 3 heterocycles. The van der Waals surface area contributed by atoms with Gasteiger partial charge in [0.1, 0.15) is 13.1 Å². The molecule has 0 aromatic rings. The Morgan fingerprint density at radius 1 is 0.882 bits per heavy atom. The number of hydrogen-bond acceptors (Lipinski definition) is 1. The maximum atomic E-state index is 4.27. The van der Waals surface area contributed by atoms with E-state index in [4.69, 9.17) is 0 Å². The third kappa shape index (κ3) is 3.03. The van der Waals surface area contributed by atoms with Gasteiger partial charge in [-0.15, -0.1) is 0 Å². The van der Waals surface area contributed by atoms with E-state index in [0.29, 0.717) is 5.54 Å². The molecule has 3 aliphatic heterocycles. The van der Waals surface area contributed by atoms with Crippen molar-refractivity contribution in [2.24, 2.45) is 5.92 Å². The molecule has 0 saturated carbocycles. The summed E-state index contributed by atoms with van der Waals surface area (Å²) in [6, 6.07) is 0. The van der Waals surface area contributed by atoms with E-state index in [1.165, 1.54) is 58.0 Å². The lowest BCUT2D eigenvalue weighted by Gasteiger charge is -2.41. The number of fused-ring (bicyclic) bond motifs is 1. The molecule has 3 fully saturated rings. The first-order chi connectivity index (χ1) is 8.26. The van der Waals surface area contributed by atoms with Gasteiger partial charge in [0.15, 0.2) is 5.54 Å². The lowest BCUT2D eigenvalue weighted by Crippen LogP contribution is -2.62. The van der Waals surface area contributed by atoms with E-state index in [9.17, 15) is 0 Å². The normalized spacial score (nSPS) is 33.4.